The Hall–Kier alpha value is -8.98. The van der Waals surface area contributed by atoms with Crippen LogP contribution in [0.4, 0.5) is 0 Å². The fourth-order valence-corrected chi connectivity index (χ4v) is 12.1. The molecule has 0 N–H and O–H groups in total. The molecule has 0 aliphatic rings. The van der Waals surface area contributed by atoms with Gasteiger partial charge in [0.2, 0.25) is 0 Å². The van der Waals surface area contributed by atoms with Gasteiger partial charge < -0.3 is 9.13 Å². The van der Waals surface area contributed by atoms with Crippen LogP contribution >= 0.6 is 0 Å². The van der Waals surface area contributed by atoms with Crippen LogP contribution in [0.3, 0.4) is 0 Å². The fourth-order valence-electron chi connectivity index (χ4n) is 12.1. The highest BCUT2D eigenvalue weighted by Gasteiger charge is 2.24. The molecule has 0 amide bonds. The van der Waals surface area contributed by atoms with Crippen molar-refractivity contribution in [2.45, 2.75) is 0 Å². The number of para-hydroxylation sites is 4. The molecule has 68 heavy (non-hydrogen) atoms. The largest absolute Gasteiger partial charge is 0.309 e. The van der Waals surface area contributed by atoms with Gasteiger partial charge in [0.15, 0.2) is 0 Å². The molecule has 314 valence electrons. The van der Waals surface area contributed by atoms with E-state index in [-0.39, 0.29) is 0 Å². The molecule has 2 aromatic heterocycles. The minimum atomic E-state index is 1.16. The van der Waals surface area contributed by atoms with Gasteiger partial charge in [-0.15, -0.1) is 0 Å². The molecule has 0 bridgehead atoms. The summed E-state index contributed by atoms with van der Waals surface area (Å²) in [5.41, 5.74) is 14.5. The standard InChI is InChI=1S/C66H40N2/c1-3-20-44(21-4-1)67-58-33-9-7-24-53(58)65-48(31-15-35-60(65)67)46-26-13-29-50-55(46)40-56-47(49-32-16-36-61-66(49)54-25-8-10-34-59(54)68(61)45-22-5-2-6-23-45)27-14-30-51(56)64(50)57-39-43-19-11-17-41-37-38-42-18-12-28-52(57)63(42)62(41)43/h1-40H. The highest BCUT2D eigenvalue weighted by molar-refractivity contribution is 6.31. The van der Waals surface area contributed by atoms with E-state index in [4.69, 9.17) is 0 Å². The van der Waals surface area contributed by atoms with Crippen molar-refractivity contribution >= 4 is 97.5 Å². The van der Waals surface area contributed by atoms with E-state index < -0.39 is 0 Å². The van der Waals surface area contributed by atoms with Gasteiger partial charge >= 0.3 is 0 Å². The summed E-state index contributed by atoms with van der Waals surface area (Å²) in [4.78, 5) is 0. The monoisotopic (exact) mass is 860 g/mol. The number of nitrogens with zero attached hydrogens (tertiary/aromatic N) is 2. The maximum Gasteiger partial charge on any atom is 0.0547 e. The van der Waals surface area contributed by atoms with E-state index in [2.05, 4.69) is 252 Å². The summed E-state index contributed by atoms with van der Waals surface area (Å²) in [6, 6.07) is 90.3. The van der Waals surface area contributed by atoms with Crippen LogP contribution in [-0.4, -0.2) is 9.13 Å². The Morgan fingerprint density at radius 2 is 0.618 bits per heavy atom. The Bertz CT molecular complexity index is 4320. The van der Waals surface area contributed by atoms with Crippen molar-refractivity contribution in [3.8, 4) is 44.8 Å². The molecule has 0 fully saturated rings. The molecule has 15 rings (SSSR count). The van der Waals surface area contributed by atoms with Crippen molar-refractivity contribution in [3.63, 3.8) is 0 Å². The smallest absolute Gasteiger partial charge is 0.0547 e. The van der Waals surface area contributed by atoms with Crippen molar-refractivity contribution in [3.05, 3.63) is 243 Å². The zero-order valence-electron chi connectivity index (χ0n) is 37.0. The van der Waals surface area contributed by atoms with Gasteiger partial charge in [0.25, 0.3) is 0 Å². The second kappa shape index (κ2) is 14.3. The third-order valence-electron chi connectivity index (χ3n) is 14.8. The quantitative estimate of drug-likeness (QED) is 0.121. The Balaban J connectivity index is 1.11. The first-order chi connectivity index (χ1) is 33.8. The zero-order valence-corrected chi connectivity index (χ0v) is 37.0. The van der Waals surface area contributed by atoms with E-state index in [0.29, 0.717) is 0 Å². The first kappa shape index (κ1) is 37.3. The second-order valence-corrected chi connectivity index (χ2v) is 18.3. The van der Waals surface area contributed by atoms with E-state index in [0.717, 1.165) is 11.4 Å². The number of rotatable bonds is 5. The van der Waals surface area contributed by atoms with Crippen LogP contribution in [0, 0.1) is 0 Å². The number of benzene rings is 13. The normalized spacial score (nSPS) is 12.1. The summed E-state index contributed by atoms with van der Waals surface area (Å²) in [7, 11) is 0. The lowest BCUT2D eigenvalue weighted by molar-refractivity contribution is 1.18. The van der Waals surface area contributed by atoms with E-state index >= 15 is 0 Å². The Morgan fingerprint density at radius 1 is 0.206 bits per heavy atom. The molecule has 2 nitrogen and oxygen atoms in total. The average molecular weight is 861 g/mol. The maximum absolute atomic E-state index is 2.52. The van der Waals surface area contributed by atoms with Crippen molar-refractivity contribution in [1.29, 1.82) is 0 Å². The van der Waals surface area contributed by atoms with Crippen LogP contribution in [0.15, 0.2) is 243 Å². The zero-order chi connectivity index (χ0) is 44.5. The molecule has 2 heterocycles. The topological polar surface area (TPSA) is 9.86 Å². The molecule has 0 saturated carbocycles. The van der Waals surface area contributed by atoms with Crippen molar-refractivity contribution in [2.24, 2.45) is 0 Å². The van der Waals surface area contributed by atoms with Crippen molar-refractivity contribution in [1.82, 2.24) is 9.13 Å². The first-order valence-electron chi connectivity index (χ1n) is 23.6. The third-order valence-corrected chi connectivity index (χ3v) is 14.8. The molecule has 0 saturated heterocycles. The molecule has 0 aliphatic heterocycles. The summed E-state index contributed by atoms with van der Waals surface area (Å²) in [5.74, 6) is 0. The number of fused-ring (bicyclic) bond motifs is 8. The van der Waals surface area contributed by atoms with Gasteiger partial charge in [0.05, 0.1) is 22.1 Å². The third kappa shape index (κ3) is 5.17. The van der Waals surface area contributed by atoms with E-state index in [1.807, 2.05) is 0 Å². The fraction of sp³-hybridized carbons (Fsp3) is 0. The first-order valence-corrected chi connectivity index (χ1v) is 23.6. The predicted octanol–water partition coefficient (Wildman–Crippen LogP) is 18.1. The summed E-state index contributed by atoms with van der Waals surface area (Å²) in [6.07, 6.45) is 0. The van der Waals surface area contributed by atoms with Crippen molar-refractivity contribution in [2.75, 3.05) is 0 Å². The highest BCUT2D eigenvalue weighted by Crippen LogP contribution is 2.50. The van der Waals surface area contributed by atoms with Crippen molar-refractivity contribution < 1.29 is 0 Å². The van der Waals surface area contributed by atoms with Crippen LogP contribution in [-0.2, 0) is 0 Å². The molecule has 0 spiro atoms. The summed E-state index contributed by atoms with van der Waals surface area (Å²) in [5, 5.41) is 17.7. The lowest BCUT2D eigenvalue weighted by atomic mass is 9.82. The molecule has 0 radical (unpaired) electrons. The number of hydrogen-bond donors (Lipinski definition) is 0. The van der Waals surface area contributed by atoms with Gasteiger partial charge in [-0.05, 0) is 148 Å². The van der Waals surface area contributed by atoms with Crippen LogP contribution in [0.2, 0.25) is 0 Å². The minimum Gasteiger partial charge on any atom is -0.309 e. The SMILES string of the molecule is c1ccc(-n2c3ccccc3c3c(-c4cccc5c(-c6cc7cccc8ccc9cccc6c9c87)c6cccc(-c7cccc8c7c7ccccc7n8-c7ccccc7)c6cc45)cccc32)cc1. The van der Waals surface area contributed by atoms with Gasteiger partial charge in [-0.3, -0.25) is 0 Å². The summed E-state index contributed by atoms with van der Waals surface area (Å²) in [6.45, 7) is 0. The van der Waals surface area contributed by atoms with Crippen LogP contribution < -0.4 is 0 Å². The number of aromatic nitrogens is 2. The van der Waals surface area contributed by atoms with Gasteiger partial charge in [-0.1, -0.05) is 182 Å². The van der Waals surface area contributed by atoms with Crippen LogP contribution in [0.25, 0.3) is 142 Å². The summed E-state index contributed by atoms with van der Waals surface area (Å²) < 4.78 is 4.85. The second-order valence-electron chi connectivity index (χ2n) is 18.3. The molecule has 13 aromatic carbocycles. The minimum absolute atomic E-state index is 1.16. The van der Waals surface area contributed by atoms with E-state index in [9.17, 15) is 0 Å². The Labute approximate surface area is 392 Å². The van der Waals surface area contributed by atoms with Gasteiger partial charge in [-0.2, -0.15) is 0 Å². The average Bonchev–Trinajstić information content (AvgIpc) is 3.93. The number of hydrogen-bond acceptors (Lipinski definition) is 0. The lowest BCUT2D eigenvalue weighted by Gasteiger charge is -2.21. The van der Waals surface area contributed by atoms with Crippen LogP contribution in [0.5, 0.6) is 0 Å². The molecule has 0 atom stereocenters. The van der Waals surface area contributed by atoms with E-state index in [1.54, 1.807) is 0 Å². The predicted molar refractivity (Wildman–Crippen MR) is 290 cm³/mol. The summed E-state index contributed by atoms with van der Waals surface area (Å²) >= 11 is 0. The van der Waals surface area contributed by atoms with Crippen LogP contribution in [0.1, 0.15) is 0 Å². The van der Waals surface area contributed by atoms with Gasteiger partial charge in [0.1, 0.15) is 0 Å². The van der Waals surface area contributed by atoms with E-state index in [1.165, 1.54) is 131 Å². The Kier molecular flexibility index (Phi) is 7.81. The molecular weight excluding hydrogens is 821 g/mol. The molecule has 2 heteroatoms. The van der Waals surface area contributed by atoms with Gasteiger partial charge in [-0.25, -0.2) is 0 Å². The molecular formula is C66H40N2. The molecule has 15 aromatic rings. The Morgan fingerprint density at radius 3 is 1.19 bits per heavy atom. The maximum atomic E-state index is 2.52. The van der Waals surface area contributed by atoms with Gasteiger partial charge in [0, 0.05) is 32.9 Å². The lowest BCUT2D eigenvalue weighted by Crippen LogP contribution is -1.94. The molecule has 0 aliphatic carbocycles. The highest BCUT2D eigenvalue weighted by atomic mass is 15.0. The molecule has 0 unspecified atom stereocenters.